The zero-order valence-corrected chi connectivity index (χ0v) is 15.5. The number of nitrogens with one attached hydrogen (secondary N) is 2. The molecule has 22 heavy (non-hydrogen) atoms. The van der Waals surface area contributed by atoms with Crippen LogP contribution >= 0.6 is 12.4 Å². The van der Waals surface area contributed by atoms with Crippen LogP contribution < -0.4 is 10.6 Å². The summed E-state index contributed by atoms with van der Waals surface area (Å²) < 4.78 is 0. The van der Waals surface area contributed by atoms with Gasteiger partial charge in [0.25, 0.3) is 0 Å². The fourth-order valence-electron chi connectivity index (χ4n) is 3.80. The minimum Gasteiger partial charge on any atom is -0.354 e. The van der Waals surface area contributed by atoms with E-state index in [1.54, 1.807) is 0 Å². The van der Waals surface area contributed by atoms with E-state index in [9.17, 15) is 4.79 Å². The molecule has 130 valence electrons. The molecular formula is C17H34ClN3O. The molecule has 0 saturated carbocycles. The predicted octanol–water partition coefficient (Wildman–Crippen LogP) is 2.28. The van der Waals surface area contributed by atoms with Crippen LogP contribution in [0.3, 0.4) is 0 Å². The molecule has 5 heteroatoms. The Morgan fingerprint density at radius 2 is 1.73 bits per heavy atom. The van der Waals surface area contributed by atoms with E-state index in [0.29, 0.717) is 0 Å². The third-order valence-electron chi connectivity index (χ3n) is 5.13. The minimum atomic E-state index is 0. The Bertz CT molecular complexity index is 346. The Balaban J connectivity index is 0.00000242. The van der Waals surface area contributed by atoms with Crippen molar-refractivity contribution in [1.29, 1.82) is 0 Å². The van der Waals surface area contributed by atoms with Gasteiger partial charge >= 0.3 is 0 Å². The number of piperidine rings is 2. The van der Waals surface area contributed by atoms with Gasteiger partial charge in [-0.05, 0) is 58.0 Å². The van der Waals surface area contributed by atoms with Crippen LogP contribution in [0.5, 0.6) is 0 Å². The van der Waals surface area contributed by atoms with E-state index in [1.807, 2.05) is 0 Å². The average molecular weight is 332 g/mol. The monoisotopic (exact) mass is 331 g/mol. The van der Waals surface area contributed by atoms with Gasteiger partial charge in [0.15, 0.2) is 0 Å². The summed E-state index contributed by atoms with van der Waals surface area (Å²) in [5.74, 6) is 1.98. The maximum atomic E-state index is 12.3. The van der Waals surface area contributed by atoms with Gasteiger partial charge in [-0.3, -0.25) is 9.69 Å². The first-order chi connectivity index (χ1) is 9.88. The van der Waals surface area contributed by atoms with Crippen molar-refractivity contribution in [2.45, 2.75) is 52.5 Å². The number of hydrogen-bond acceptors (Lipinski definition) is 3. The molecule has 2 rings (SSSR count). The molecule has 2 atom stereocenters. The lowest BCUT2D eigenvalue weighted by atomic mass is 9.88. The van der Waals surface area contributed by atoms with Gasteiger partial charge in [0.2, 0.25) is 5.91 Å². The molecule has 2 fully saturated rings. The van der Waals surface area contributed by atoms with Crippen molar-refractivity contribution in [3.8, 4) is 0 Å². The maximum absolute atomic E-state index is 12.3. The largest absolute Gasteiger partial charge is 0.354 e. The van der Waals surface area contributed by atoms with E-state index in [2.05, 4.69) is 43.2 Å². The van der Waals surface area contributed by atoms with Crippen molar-refractivity contribution < 1.29 is 4.79 Å². The van der Waals surface area contributed by atoms with E-state index >= 15 is 0 Å². The average Bonchev–Trinajstić information content (AvgIpc) is 2.45. The van der Waals surface area contributed by atoms with E-state index in [0.717, 1.165) is 57.4 Å². The van der Waals surface area contributed by atoms with E-state index < -0.39 is 0 Å². The summed E-state index contributed by atoms with van der Waals surface area (Å²) in [6.07, 6.45) is 3.28. The van der Waals surface area contributed by atoms with Crippen molar-refractivity contribution in [1.82, 2.24) is 15.5 Å². The van der Waals surface area contributed by atoms with E-state index in [-0.39, 0.29) is 29.8 Å². The second-order valence-corrected chi connectivity index (χ2v) is 7.91. The highest BCUT2D eigenvalue weighted by atomic mass is 35.5. The van der Waals surface area contributed by atoms with Crippen LogP contribution in [0.4, 0.5) is 0 Å². The SMILES string of the molecule is CC1CC(C)CN(C(C)(C)CNC(=O)C2CCNCC2)C1.Cl. The summed E-state index contributed by atoms with van der Waals surface area (Å²) in [7, 11) is 0. The molecule has 0 radical (unpaired) electrons. The first-order valence-electron chi connectivity index (χ1n) is 8.62. The lowest BCUT2D eigenvalue weighted by molar-refractivity contribution is -0.126. The van der Waals surface area contributed by atoms with Gasteiger partial charge in [0.1, 0.15) is 0 Å². The normalized spacial score (nSPS) is 28.0. The number of hydrogen-bond donors (Lipinski definition) is 2. The number of amides is 1. The van der Waals surface area contributed by atoms with Crippen molar-refractivity contribution in [3.05, 3.63) is 0 Å². The molecule has 0 bridgehead atoms. The van der Waals surface area contributed by atoms with Gasteiger partial charge in [-0.15, -0.1) is 12.4 Å². The highest BCUT2D eigenvalue weighted by Crippen LogP contribution is 2.27. The fourth-order valence-corrected chi connectivity index (χ4v) is 3.80. The van der Waals surface area contributed by atoms with Gasteiger partial charge in [0.05, 0.1) is 0 Å². The van der Waals surface area contributed by atoms with Crippen LogP contribution in [0, 0.1) is 17.8 Å². The minimum absolute atomic E-state index is 0. The van der Waals surface area contributed by atoms with Crippen LogP contribution in [-0.2, 0) is 4.79 Å². The van der Waals surface area contributed by atoms with Gasteiger partial charge in [-0.25, -0.2) is 0 Å². The van der Waals surface area contributed by atoms with Gasteiger partial charge in [0, 0.05) is 31.1 Å². The third-order valence-corrected chi connectivity index (χ3v) is 5.13. The lowest BCUT2D eigenvalue weighted by Crippen LogP contribution is -2.56. The van der Waals surface area contributed by atoms with Crippen molar-refractivity contribution in [3.63, 3.8) is 0 Å². The van der Waals surface area contributed by atoms with Crippen LogP contribution in [0.1, 0.15) is 47.0 Å². The second kappa shape index (κ2) is 8.51. The van der Waals surface area contributed by atoms with Crippen LogP contribution in [0.15, 0.2) is 0 Å². The van der Waals surface area contributed by atoms with Crippen LogP contribution in [0.2, 0.25) is 0 Å². The highest BCUT2D eigenvalue weighted by molar-refractivity contribution is 5.85. The van der Waals surface area contributed by atoms with Crippen LogP contribution in [0.25, 0.3) is 0 Å². The molecule has 1 amide bonds. The van der Waals surface area contributed by atoms with Gasteiger partial charge < -0.3 is 10.6 Å². The number of halogens is 1. The summed E-state index contributed by atoms with van der Waals surface area (Å²) >= 11 is 0. The Labute approximate surface area is 142 Å². The summed E-state index contributed by atoms with van der Waals surface area (Å²) in [6, 6.07) is 0. The smallest absolute Gasteiger partial charge is 0.223 e. The zero-order chi connectivity index (χ0) is 15.5. The third kappa shape index (κ3) is 5.39. The van der Waals surface area contributed by atoms with Crippen molar-refractivity contribution in [2.75, 3.05) is 32.7 Å². The summed E-state index contributed by atoms with van der Waals surface area (Å²) in [4.78, 5) is 14.9. The first kappa shape index (κ1) is 19.7. The molecule has 2 unspecified atom stereocenters. The molecule has 0 spiro atoms. The van der Waals surface area contributed by atoms with Crippen molar-refractivity contribution in [2.24, 2.45) is 17.8 Å². The standard InChI is InChI=1S/C17H33N3O.ClH/c1-13-9-14(2)11-20(10-13)17(3,4)12-19-16(21)15-5-7-18-8-6-15;/h13-15,18H,5-12H2,1-4H3,(H,19,21);1H. The van der Waals surface area contributed by atoms with Crippen LogP contribution in [-0.4, -0.2) is 49.1 Å². The Morgan fingerprint density at radius 1 is 1.18 bits per heavy atom. The quantitative estimate of drug-likeness (QED) is 0.830. The second-order valence-electron chi connectivity index (χ2n) is 7.91. The Hall–Kier alpha value is -0.320. The summed E-state index contributed by atoms with van der Waals surface area (Å²) in [5.41, 5.74) is 0.0471. The lowest BCUT2D eigenvalue weighted by Gasteiger charge is -2.45. The number of nitrogens with zero attached hydrogens (tertiary/aromatic N) is 1. The van der Waals surface area contributed by atoms with E-state index in [4.69, 9.17) is 0 Å². The van der Waals surface area contributed by atoms with Gasteiger partial charge in [-0.2, -0.15) is 0 Å². The number of carbonyl (C=O) groups is 1. The highest BCUT2D eigenvalue weighted by Gasteiger charge is 2.33. The molecule has 2 heterocycles. The molecular weight excluding hydrogens is 298 g/mol. The number of likely N-dealkylation sites (tertiary alicyclic amines) is 1. The van der Waals surface area contributed by atoms with Gasteiger partial charge in [-0.1, -0.05) is 13.8 Å². The number of carbonyl (C=O) groups excluding carboxylic acids is 1. The molecule has 0 aromatic carbocycles. The fraction of sp³-hybridized carbons (Fsp3) is 0.941. The Kier molecular flexibility index (Phi) is 7.63. The molecule has 2 aliphatic rings. The zero-order valence-electron chi connectivity index (χ0n) is 14.7. The maximum Gasteiger partial charge on any atom is 0.223 e. The van der Waals surface area contributed by atoms with E-state index in [1.165, 1.54) is 6.42 Å². The summed E-state index contributed by atoms with van der Waals surface area (Å²) in [6.45, 7) is 14.2. The predicted molar refractivity (Wildman–Crippen MR) is 94.4 cm³/mol. The Morgan fingerprint density at radius 3 is 2.27 bits per heavy atom. The molecule has 2 aliphatic heterocycles. The molecule has 0 aromatic rings. The molecule has 2 N–H and O–H groups in total. The molecule has 4 nitrogen and oxygen atoms in total. The first-order valence-corrected chi connectivity index (χ1v) is 8.62. The molecule has 0 aromatic heterocycles. The summed E-state index contributed by atoms with van der Waals surface area (Å²) in [5, 5.41) is 6.53. The number of rotatable bonds is 4. The molecule has 0 aliphatic carbocycles. The topological polar surface area (TPSA) is 44.4 Å². The molecule has 2 saturated heterocycles. The van der Waals surface area contributed by atoms with Crippen molar-refractivity contribution >= 4 is 18.3 Å².